The zero-order chi connectivity index (χ0) is 19.5. The fraction of sp³-hybridized carbons (Fsp3) is 0.200. The maximum absolute atomic E-state index is 14.2. The van der Waals surface area contributed by atoms with Crippen molar-refractivity contribution in [2.75, 3.05) is 23.8 Å². The second-order valence-corrected chi connectivity index (χ2v) is 6.72. The Balaban J connectivity index is 1.48. The number of nitrogens with zero attached hydrogens (tertiary/aromatic N) is 2. The van der Waals surface area contributed by atoms with Crippen LogP contribution in [-0.4, -0.2) is 23.2 Å². The number of hydrogen-bond acceptors (Lipinski definition) is 6. The first-order valence-corrected chi connectivity index (χ1v) is 9.14. The molecule has 0 fully saturated rings. The molecule has 1 aliphatic heterocycles. The van der Waals surface area contributed by atoms with E-state index in [9.17, 15) is 4.39 Å². The van der Waals surface area contributed by atoms with Crippen molar-refractivity contribution in [2.45, 2.75) is 13.5 Å². The number of fused-ring (bicyclic) bond motifs is 1. The van der Waals surface area contributed by atoms with Crippen molar-refractivity contribution in [3.05, 3.63) is 64.6 Å². The van der Waals surface area contributed by atoms with E-state index in [0.29, 0.717) is 47.9 Å². The fourth-order valence-corrected chi connectivity index (χ4v) is 2.93. The van der Waals surface area contributed by atoms with Gasteiger partial charge in [0.25, 0.3) is 0 Å². The van der Waals surface area contributed by atoms with E-state index in [4.69, 9.17) is 21.1 Å². The number of halogens is 2. The zero-order valence-corrected chi connectivity index (χ0v) is 15.9. The Labute approximate surface area is 166 Å². The summed E-state index contributed by atoms with van der Waals surface area (Å²) in [5.41, 5.74) is 2.62. The summed E-state index contributed by atoms with van der Waals surface area (Å²) in [6.45, 7) is 3.41. The Morgan fingerprint density at radius 1 is 1.11 bits per heavy atom. The summed E-state index contributed by atoms with van der Waals surface area (Å²) in [5.74, 6) is 1.09. The SMILES string of the molecule is Cc1ccc(CNc2ncc(F)c(Nc3ccc4c(c3)OCCO4)n2)cc1Cl. The minimum Gasteiger partial charge on any atom is -0.486 e. The van der Waals surface area contributed by atoms with Gasteiger partial charge in [-0.05, 0) is 36.2 Å². The van der Waals surface area contributed by atoms with Crippen molar-refractivity contribution < 1.29 is 13.9 Å². The van der Waals surface area contributed by atoms with Crippen LogP contribution in [-0.2, 0) is 6.54 Å². The van der Waals surface area contributed by atoms with Crippen LogP contribution in [0, 0.1) is 12.7 Å². The summed E-state index contributed by atoms with van der Waals surface area (Å²) in [5, 5.41) is 6.73. The maximum atomic E-state index is 14.2. The highest BCUT2D eigenvalue weighted by molar-refractivity contribution is 6.31. The highest BCUT2D eigenvalue weighted by atomic mass is 35.5. The lowest BCUT2D eigenvalue weighted by molar-refractivity contribution is 0.171. The van der Waals surface area contributed by atoms with E-state index in [1.807, 2.05) is 25.1 Å². The van der Waals surface area contributed by atoms with Gasteiger partial charge in [-0.15, -0.1) is 0 Å². The van der Waals surface area contributed by atoms with Gasteiger partial charge in [-0.2, -0.15) is 4.98 Å². The predicted octanol–water partition coefficient (Wildman–Crippen LogP) is 4.70. The second-order valence-electron chi connectivity index (χ2n) is 6.31. The fourth-order valence-electron chi connectivity index (χ4n) is 2.73. The average Bonchev–Trinajstić information content (AvgIpc) is 2.71. The largest absolute Gasteiger partial charge is 0.486 e. The molecule has 8 heteroatoms. The molecule has 0 atom stereocenters. The van der Waals surface area contributed by atoms with Crippen molar-refractivity contribution in [3.8, 4) is 11.5 Å². The molecule has 0 saturated carbocycles. The lowest BCUT2D eigenvalue weighted by Gasteiger charge is -2.19. The number of rotatable bonds is 5. The van der Waals surface area contributed by atoms with E-state index >= 15 is 0 Å². The molecule has 2 N–H and O–H groups in total. The molecule has 28 heavy (non-hydrogen) atoms. The number of aryl methyl sites for hydroxylation is 1. The third kappa shape index (κ3) is 4.09. The molecule has 0 aliphatic carbocycles. The normalized spacial score (nSPS) is 12.5. The Bertz CT molecular complexity index is 1020. The van der Waals surface area contributed by atoms with Crippen molar-refractivity contribution >= 4 is 29.1 Å². The monoisotopic (exact) mass is 400 g/mol. The molecule has 0 unspecified atom stereocenters. The molecule has 0 amide bonds. The highest BCUT2D eigenvalue weighted by Gasteiger charge is 2.13. The van der Waals surface area contributed by atoms with Crippen molar-refractivity contribution in [1.82, 2.24) is 9.97 Å². The number of ether oxygens (including phenoxy) is 2. The molecule has 144 valence electrons. The number of anilines is 3. The van der Waals surface area contributed by atoms with Crippen LogP contribution in [0.25, 0.3) is 0 Å². The lowest BCUT2D eigenvalue weighted by Crippen LogP contribution is -2.15. The summed E-state index contributed by atoms with van der Waals surface area (Å²) in [6, 6.07) is 11.1. The standard InChI is InChI=1S/C20H18ClFN4O2/c1-12-2-3-13(8-15(12)21)10-23-20-24-11-16(22)19(26-20)25-14-4-5-17-18(9-14)28-7-6-27-17/h2-5,8-9,11H,6-7,10H2,1H3,(H2,23,24,25,26). The summed E-state index contributed by atoms with van der Waals surface area (Å²) in [6.07, 6.45) is 1.12. The Kier molecular flexibility index (Phi) is 5.16. The second kappa shape index (κ2) is 7.90. The molecule has 1 aliphatic rings. The molecule has 1 aromatic heterocycles. The van der Waals surface area contributed by atoms with E-state index < -0.39 is 5.82 Å². The van der Waals surface area contributed by atoms with Gasteiger partial charge in [0, 0.05) is 23.3 Å². The first kappa shape index (κ1) is 18.3. The van der Waals surface area contributed by atoms with Crippen LogP contribution in [0.15, 0.2) is 42.6 Å². The molecular weight excluding hydrogens is 383 g/mol. The van der Waals surface area contributed by atoms with Crippen LogP contribution < -0.4 is 20.1 Å². The molecule has 0 saturated heterocycles. The Morgan fingerprint density at radius 2 is 1.93 bits per heavy atom. The average molecular weight is 401 g/mol. The van der Waals surface area contributed by atoms with Crippen molar-refractivity contribution in [2.24, 2.45) is 0 Å². The van der Waals surface area contributed by atoms with E-state index in [-0.39, 0.29) is 5.82 Å². The third-order valence-corrected chi connectivity index (χ3v) is 4.64. The third-order valence-electron chi connectivity index (χ3n) is 4.24. The van der Waals surface area contributed by atoms with E-state index in [2.05, 4.69) is 20.6 Å². The predicted molar refractivity (Wildman–Crippen MR) is 106 cm³/mol. The van der Waals surface area contributed by atoms with E-state index in [1.165, 1.54) is 0 Å². The molecule has 0 bridgehead atoms. The Hall–Kier alpha value is -3.06. The molecule has 6 nitrogen and oxygen atoms in total. The maximum Gasteiger partial charge on any atom is 0.225 e. The molecule has 2 heterocycles. The number of hydrogen-bond donors (Lipinski definition) is 2. The first-order chi connectivity index (χ1) is 13.6. The minimum atomic E-state index is -0.557. The van der Waals surface area contributed by atoms with Gasteiger partial charge < -0.3 is 20.1 Å². The van der Waals surface area contributed by atoms with Crippen LogP contribution in [0.1, 0.15) is 11.1 Å². The van der Waals surface area contributed by atoms with Gasteiger partial charge >= 0.3 is 0 Å². The van der Waals surface area contributed by atoms with Crippen LogP contribution in [0.5, 0.6) is 11.5 Å². The quantitative estimate of drug-likeness (QED) is 0.646. The molecule has 2 aromatic carbocycles. The van der Waals surface area contributed by atoms with Gasteiger partial charge in [0.1, 0.15) is 13.2 Å². The van der Waals surface area contributed by atoms with Gasteiger partial charge in [0.15, 0.2) is 23.1 Å². The van der Waals surface area contributed by atoms with E-state index in [1.54, 1.807) is 18.2 Å². The summed E-state index contributed by atoms with van der Waals surface area (Å²) in [7, 11) is 0. The van der Waals surface area contributed by atoms with Crippen molar-refractivity contribution in [3.63, 3.8) is 0 Å². The van der Waals surface area contributed by atoms with Gasteiger partial charge in [-0.1, -0.05) is 23.7 Å². The summed E-state index contributed by atoms with van der Waals surface area (Å²) >= 11 is 6.14. The van der Waals surface area contributed by atoms with E-state index in [0.717, 1.165) is 17.3 Å². The number of benzene rings is 2. The van der Waals surface area contributed by atoms with Crippen molar-refractivity contribution in [1.29, 1.82) is 0 Å². The van der Waals surface area contributed by atoms with Crippen LogP contribution in [0.2, 0.25) is 5.02 Å². The van der Waals surface area contributed by atoms with Gasteiger partial charge in [-0.3, -0.25) is 0 Å². The van der Waals surface area contributed by atoms with Gasteiger partial charge in [-0.25, -0.2) is 9.37 Å². The van der Waals surface area contributed by atoms with Crippen LogP contribution in [0.3, 0.4) is 0 Å². The molecular formula is C20H18ClFN4O2. The molecule has 0 spiro atoms. The summed E-state index contributed by atoms with van der Waals surface area (Å²) in [4.78, 5) is 8.21. The first-order valence-electron chi connectivity index (χ1n) is 8.76. The molecule has 0 radical (unpaired) electrons. The zero-order valence-electron chi connectivity index (χ0n) is 15.1. The molecule has 3 aromatic rings. The van der Waals surface area contributed by atoms with Crippen LogP contribution >= 0.6 is 11.6 Å². The van der Waals surface area contributed by atoms with Gasteiger partial charge in [0.2, 0.25) is 5.95 Å². The smallest absolute Gasteiger partial charge is 0.225 e. The van der Waals surface area contributed by atoms with Gasteiger partial charge in [0.05, 0.1) is 6.20 Å². The number of nitrogens with one attached hydrogen (secondary N) is 2. The lowest BCUT2D eigenvalue weighted by atomic mass is 10.1. The summed E-state index contributed by atoms with van der Waals surface area (Å²) < 4.78 is 25.2. The topological polar surface area (TPSA) is 68.3 Å². The molecule has 4 rings (SSSR count). The van der Waals surface area contributed by atoms with Crippen LogP contribution in [0.4, 0.5) is 21.8 Å². The highest BCUT2D eigenvalue weighted by Crippen LogP contribution is 2.33. The minimum absolute atomic E-state index is 0.0658. The number of aromatic nitrogens is 2. The Morgan fingerprint density at radius 3 is 2.75 bits per heavy atom.